The average Bonchev–Trinajstić information content (AvgIpc) is 3.66. The number of nitrogens with zero attached hydrogens (tertiary/aromatic N) is 4. The summed E-state index contributed by atoms with van der Waals surface area (Å²) in [7, 11) is 1.60. The van der Waals surface area contributed by atoms with Crippen LogP contribution in [0.25, 0.3) is 17.1 Å². The van der Waals surface area contributed by atoms with Crippen molar-refractivity contribution in [2.24, 2.45) is 0 Å². The van der Waals surface area contributed by atoms with Gasteiger partial charge in [-0.3, -0.25) is 9.69 Å². The van der Waals surface area contributed by atoms with Crippen LogP contribution in [0.4, 0.5) is 23.7 Å². The first-order chi connectivity index (χ1) is 22.0. The predicted molar refractivity (Wildman–Crippen MR) is 169 cm³/mol. The fourth-order valence-electron chi connectivity index (χ4n) is 4.93. The maximum atomic E-state index is 12.8. The zero-order valence-electron chi connectivity index (χ0n) is 25.4. The molecule has 14 heteroatoms. The molecule has 4 aromatic rings. The molecule has 0 radical (unpaired) electrons. The topological polar surface area (TPSA) is 111 Å². The van der Waals surface area contributed by atoms with Crippen molar-refractivity contribution in [3.63, 3.8) is 0 Å². The largest absolute Gasteiger partial charge is 0.573 e. The summed E-state index contributed by atoms with van der Waals surface area (Å²) in [6.07, 6.45) is -1.85. The molecule has 1 atom stereocenters. The Morgan fingerprint density at radius 1 is 1.07 bits per heavy atom. The Balaban J connectivity index is 1.10. The van der Waals surface area contributed by atoms with E-state index in [0.29, 0.717) is 30.2 Å². The maximum absolute atomic E-state index is 12.8. The van der Waals surface area contributed by atoms with E-state index in [1.165, 1.54) is 47.0 Å². The molecular weight excluding hydrogens is 621 g/mol. The first-order valence-electron chi connectivity index (χ1n) is 14.5. The number of alkyl halides is 3. The summed E-state index contributed by atoms with van der Waals surface area (Å²) in [5, 5.41) is 10.2. The number of benzene rings is 3. The van der Waals surface area contributed by atoms with Crippen molar-refractivity contribution in [2.75, 3.05) is 24.3 Å². The Bertz CT molecular complexity index is 1660. The maximum Gasteiger partial charge on any atom is 0.573 e. The molecule has 0 spiro atoms. The van der Waals surface area contributed by atoms with Gasteiger partial charge in [0.1, 0.15) is 17.8 Å². The van der Waals surface area contributed by atoms with Crippen LogP contribution in [0.2, 0.25) is 0 Å². The van der Waals surface area contributed by atoms with E-state index in [4.69, 9.17) is 4.74 Å². The second-order valence-electron chi connectivity index (χ2n) is 10.8. The minimum atomic E-state index is -4.75. The minimum absolute atomic E-state index is 0.0682. The first kappa shape index (κ1) is 32.7. The molecule has 0 aliphatic carbocycles. The number of aromatic nitrogens is 3. The smallest absolute Gasteiger partial charge is 0.497 e. The molecule has 1 aliphatic heterocycles. The third kappa shape index (κ3) is 8.10. The normalized spacial score (nSPS) is 14.9. The number of carbonyl (C=O) groups excluding carboxylic acids is 2. The SMILES string of the molecule is COc1ccc(N2C(=O)CSC2NC(=O)NCCCc2ccc(-c3ncn(-c4ccc(OC(F)(F)F)cc4)n3)cc2)c(C(C)C)c1. The van der Waals surface area contributed by atoms with Gasteiger partial charge in [-0.25, -0.2) is 14.5 Å². The van der Waals surface area contributed by atoms with Crippen molar-refractivity contribution in [3.05, 3.63) is 84.2 Å². The van der Waals surface area contributed by atoms with Crippen molar-refractivity contribution in [1.29, 1.82) is 0 Å². The zero-order chi connectivity index (χ0) is 32.8. The second-order valence-corrected chi connectivity index (χ2v) is 11.8. The van der Waals surface area contributed by atoms with Crippen molar-refractivity contribution in [3.8, 4) is 28.6 Å². The van der Waals surface area contributed by atoms with E-state index in [0.717, 1.165) is 28.8 Å². The van der Waals surface area contributed by atoms with Crippen LogP contribution >= 0.6 is 11.8 Å². The van der Waals surface area contributed by atoms with Crippen LogP contribution in [-0.4, -0.2) is 58.0 Å². The fourth-order valence-corrected chi connectivity index (χ4v) is 5.94. The standard InChI is InChI=1S/C32H33F3N6O4S/c1-20(2)26-17-25(44-3)14-15-27(26)41-28(42)18-46-31(41)38-30(43)36-16-4-5-21-6-8-22(9-7-21)29-37-19-40(39-29)23-10-12-24(13-11-23)45-32(33,34)35/h6-15,17,19-20,31H,4-5,16,18H2,1-3H3,(H2,36,38,43). The number of anilines is 1. The van der Waals surface area contributed by atoms with E-state index in [2.05, 4.69) is 25.5 Å². The monoisotopic (exact) mass is 654 g/mol. The summed E-state index contributed by atoms with van der Waals surface area (Å²) in [5.41, 5.74) is 3.58. The average molecular weight is 655 g/mol. The molecule has 1 aromatic heterocycles. The van der Waals surface area contributed by atoms with Gasteiger partial charge >= 0.3 is 12.4 Å². The van der Waals surface area contributed by atoms with Crippen LogP contribution in [-0.2, 0) is 11.2 Å². The van der Waals surface area contributed by atoms with E-state index in [9.17, 15) is 22.8 Å². The van der Waals surface area contributed by atoms with Crippen LogP contribution in [0.15, 0.2) is 73.1 Å². The van der Waals surface area contributed by atoms with Gasteiger partial charge in [0.05, 0.1) is 24.2 Å². The minimum Gasteiger partial charge on any atom is -0.497 e. The van der Waals surface area contributed by atoms with Crippen LogP contribution in [0.3, 0.4) is 0 Å². The van der Waals surface area contributed by atoms with Gasteiger partial charge in [0.15, 0.2) is 11.3 Å². The number of amides is 3. The number of carbonyl (C=O) groups is 2. The Morgan fingerprint density at radius 3 is 2.46 bits per heavy atom. The molecule has 1 saturated heterocycles. The van der Waals surface area contributed by atoms with E-state index in [1.54, 1.807) is 12.0 Å². The van der Waals surface area contributed by atoms with Crippen LogP contribution < -0.4 is 25.0 Å². The highest BCUT2D eigenvalue weighted by molar-refractivity contribution is 8.01. The molecular formula is C32H33F3N6O4S. The highest BCUT2D eigenvalue weighted by atomic mass is 32.2. The Hall–Kier alpha value is -4.72. The first-order valence-corrected chi connectivity index (χ1v) is 15.6. The lowest BCUT2D eigenvalue weighted by Gasteiger charge is -2.28. The number of methoxy groups -OCH3 is 1. The summed E-state index contributed by atoms with van der Waals surface area (Å²) in [4.78, 5) is 31.5. The molecule has 10 nitrogen and oxygen atoms in total. The highest BCUT2D eigenvalue weighted by Gasteiger charge is 2.35. The molecule has 0 bridgehead atoms. The number of hydrogen-bond acceptors (Lipinski definition) is 7. The van der Waals surface area contributed by atoms with E-state index >= 15 is 0 Å². The Kier molecular flexibility index (Phi) is 10.0. The number of urea groups is 1. The van der Waals surface area contributed by atoms with Gasteiger partial charge in [-0.2, -0.15) is 0 Å². The number of rotatable bonds is 11. The Morgan fingerprint density at radius 2 is 1.78 bits per heavy atom. The summed E-state index contributed by atoms with van der Waals surface area (Å²) in [5.74, 6) is 1.21. The number of thioether (sulfide) groups is 1. The van der Waals surface area contributed by atoms with E-state index in [-0.39, 0.29) is 29.4 Å². The van der Waals surface area contributed by atoms with Gasteiger partial charge in [0.25, 0.3) is 0 Å². The predicted octanol–water partition coefficient (Wildman–Crippen LogP) is 6.26. The molecule has 1 fully saturated rings. The van der Waals surface area contributed by atoms with Gasteiger partial charge in [-0.05, 0) is 72.4 Å². The van der Waals surface area contributed by atoms with Gasteiger partial charge in [-0.1, -0.05) is 38.1 Å². The molecule has 0 saturated carbocycles. The summed E-state index contributed by atoms with van der Waals surface area (Å²) in [6.45, 7) is 4.54. The molecule has 1 unspecified atom stereocenters. The van der Waals surface area contributed by atoms with Crippen molar-refractivity contribution >= 4 is 29.4 Å². The van der Waals surface area contributed by atoms with Gasteiger partial charge in [0, 0.05) is 12.1 Å². The Labute approximate surface area is 268 Å². The van der Waals surface area contributed by atoms with Crippen LogP contribution in [0, 0.1) is 0 Å². The molecule has 2 N–H and O–H groups in total. The molecule has 46 heavy (non-hydrogen) atoms. The highest BCUT2D eigenvalue weighted by Crippen LogP contribution is 2.37. The number of hydrogen-bond donors (Lipinski definition) is 2. The van der Waals surface area contributed by atoms with Crippen molar-refractivity contribution in [1.82, 2.24) is 25.4 Å². The quantitative estimate of drug-likeness (QED) is 0.184. The summed E-state index contributed by atoms with van der Waals surface area (Å²) < 4.78 is 48.0. The number of nitrogens with one attached hydrogen (secondary N) is 2. The zero-order valence-corrected chi connectivity index (χ0v) is 26.2. The van der Waals surface area contributed by atoms with Crippen LogP contribution in [0.5, 0.6) is 11.5 Å². The fraction of sp³-hybridized carbons (Fsp3) is 0.312. The van der Waals surface area contributed by atoms with E-state index in [1.807, 2.05) is 56.3 Å². The molecule has 3 amide bonds. The lowest BCUT2D eigenvalue weighted by Crippen LogP contribution is -2.49. The van der Waals surface area contributed by atoms with Gasteiger partial charge in [-0.15, -0.1) is 30.0 Å². The molecule has 2 heterocycles. The third-order valence-corrected chi connectivity index (χ3v) is 8.26. The van der Waals surface area contributed by atoms with Gasteiger partial charge in [0.2, 0.25) is 5.91 Å². The molecule has 5 rings (SSSR count). The summed E-state index contributed by atoms with van der Waals surface area (Å²) in [6, 6.07) is 18.3. The lowest BCUT2D eigenvalue weighted by atomic mass is 10.00. The second kappa shape index (κ2) is 14.1. The number of aryl methyl sites for hydroxylation is 1. The van der Waals surface area contributed by atoms with Crippen molar-refractivity contribution < 1.29 is 32.2 Å². The van der Waals surface area contributed by atoms with Crippen molar-refractivity contribution in [2.45, 2.75) is 44.5 Å². The number of halogens is 3. The molecule has 3 aromatic carbocycles. The third-order valence-electron chi connectivity index (χ3n) is 7.21. The molecule has 1 aliphatic rings. The van der Waals surface area contributed by atoms with Gasteiger partial charge < -0.3 is 20.1 Å². The number of ether oxygens (including phenoxy) is 2. The molecule has 242 valence electrons. The van der Waals surface area contributed by atoms with E-state index < -0.39 is 11.9 Å². The van der Waals surface area contributed by atoms with Crippen LogP contribution in [0.1, 0.15) is 37.3 Å². The lowest BCUT2D eigenvalue weighted by molar-refractivity contribution is -0.274. The summed E-state index contributed by atoms with van der Waals surface area (Å²) >= 11 is 1.37.